The van der Waals surface area contributed by atoms with Crippen molar-refractivity contribution in [1.82, 2.24) is 4.90 Å². The van der Waals surface area contributed by atoms with E-state index in [0.717, 1.165) is 6.54 Å². The number of carbonyl (C=O) groups is 1. The molecule has 0 fully saturated rings. The van der Waals surface area contributed by atoms with Gasteiger partial charge in [0.2, 0.25) is 0 Å². The highest BCUT2D eigenvalue weighted by molar-refractivity contribution is 5.96. The second-order valence-electron chi connectivity index (χ2n) is 5.40. The van der Waals surface area contributed by atoms with E-state index in [9.17, 15) is 9.18 Å². The summed E-state index contributed by atoms with van der Waals surface area (Å²) in [5.41, 5.74) is 3.05. The maximum absolute atomic E-state index is 12.8. The minimum Gasteiger partial charge on any atom is -0.302 e. The summed E-state index contributed by atoms with van der Waals surface area (Å²) < 4.78 is 12.8. The van der Waals surface area contributed by atoms with Gasteiger partial charge in [-0.2, -0.15) is 0 Å². The first-order valence-corrected chi connectivity index (χ1v) is 7.07. The lowest BCUT2D eigenvalue weighted by Gasteiger charge is -2.16. The van der Waals surface area contributed by atoms with Gasteiger partial charge in [-0.25, -0.2) is 4.39 Å². The lowest BCUT2D eigenvalue weighted by atomic mass is 10.1. The molecule has 0 aliphatic heterocycles. The number of hydrogen-bond donors (Lipinski definition) is 0. The number of carbonyl (C=O) groups excluding carboxylic acids is 1. The van der Waals surface area contributed by atoms with Crippen molar-refractivity contribution in [1.29, 1.82) is 0 Å². The number of hydrogen-bond acceptors (Lipinski definition) is 2. The van der Waals surface area contributed by atoms with E-state index in [2.05, 4.69) is 36.1 Å². The van der Waals surface area contributed by atoms with Crippen molar-refractivity contribution in [3.8, 4) is 0 Å². The molecule has 0 aromatic heterocycles. The second-order valence-corrected chi connectivity index (χ2v) is 5.40. The van der Waals surface area contributed by atoms with Gasteiger partial charge in [-0.15, -0.1) is 0 Å². The molecule has 0 radical (unpaired) electrons. The molecule has 0 N–H and O–H groups in total. The Hall–Kier alpha value is -2.00. The van der Waals surface area contributed by atoms with Crippen LogP contribution >= 0.6 is 0 Å². The van der Waals surface area contributed by atoms with Gasteiger partial charge < -0.3 is 4.90 Å². The van der Waals surface area contributed by atoms with Crippen LogP contribution in [-0.2, 0) is 6.54 Å². The van der Waals surface area contributed by atoms with Crippen LogP contribution in [0.5, 0.6) is 0 Å². The first-order chi connectivity index (χ1) is 10.0. The first-order valence-electron chi connectivity index (χ1n) is 7.07. The fraction of sp³-hybridized carbons (Fsp3) is 0.278. The summed E-state index contributed by atoms with van der Waals surface area (Å²) in [4.78, 5) is 14.1. The number of rotatable bonds is 6. The zero-order valence-corrected chi connectivity index (χ0v) is 12.5. The van der Waals surface area contributed by atoms with Gasteiger partial charge in [0, 0.05) is 25.1 Å². The van der Waals surface area contributed by atoms with E-state index in [4.69, 9.17) is 0 Å². The van der Waals surface area contributed by atoms with E-state index in [1.54, 1.807) is 0 Å². The third-order valence-electron chi connectivity index (χ3n) is 3.46. The molecule has 3 heteroatoms. The Labute approximate surface area is 125 Å². The van der Waals surface area contributed by atoms with Gasteiger partial charge in [0.1, 0.15) is 5.82 Å². The first kappa shape index (κ1) is 15.4. The number of Topliss-reactive ketones (excluding diaryl/α,β-unsaturated/α-hetero) is 1. The molecule has 0 bridgehead atoms. The van der Waals surface area contributed by atoms with E-state index < -0.39 is 0 Å². The summed E-state index contributed by atoms with van der Waals surface area (Å²) >= 11 is 0. The average Bonchev–Trinajstić information content (AvgIpc) is 2.48. The van der Waals surface area contributed by atoms with Crippen molar-refractivity contribution >= 4 is 5.78 Å². The highest BCUT2D eigenvalue weighted by Crippen LogP contribution is 2.09. The van der Waals surface area contributed by atoms with Crippen molar-refractivity contribution in [3.63, 3.8) is 0 Å². The Kier molecular flexibility index (Phi) is 5.23. The van der Waals surface area contributed by atoms with E-state index >= 15 is 0 Å². The number of nitrogens with zero attached hydrogens (tertiary/aromatic N) is 1. The quantitative estimate of drug-likeness (QED) is 0.752. The van der Waals surface area contributed by atoms with Crippen molar-refractivity contribution in [3.05, 3.63) is 71.0 Å². The predicted octanol–water partition coefficient (Wildman–Crippen LogP) is 3.84. The topological polar surface area (TPSA) is 20.3 Å². The number of halogens is 1. The fourth-order valence-corrected chi connectivity index (χ4v) is 2.16. The molecule has 0 unspecified atom stereocenters. The summed E-state index contributed by atoms with van der Waals surface area (Å²) in [5, 5.41) is 0. The average molecular weight is 285 g/mol. The van der Waals surface area contributed by atoms with Crippen molar-refractivity contribution < 1.29 is 9.18 Å². The van der Waals surface area contributed by atoms with Crippen LogP contribution in [0.3, 0.4) is 0 Å². The van der Waals surface area contributed by atoms with Gasteiger partial charge in [0.05, 0.1) is 0 Å². The maximum Gasteiger partial charge on any atom is 0.164 e. The van der Waals surface area contributed by atoms with Crippen LogP contribution in [0, 0.1) is 12.7 Å². The molecule has 0 saturated heterocycles. The minimum atomic E-state index is -0.317. The lowest BCUT2D eigenvalue weighted by Crippen LogP contribution is -2.21. The molecule has 110 valence electrons. The smallest absolute Gasteiger partial charge is 0.164 e. The third kappa shape index (κ3) is 4.80. The molecule has 0 aliphatic carbocycles. The normalized spacial score (nSPS) is 10.9. The number of aryl methyl sites for hydroxylation is 1. The summed E-state index contributed by atoms with van der Waals surface area (Å²) in [6.07, 6.45) is 0.438. The van der Waals surface area contributed by atoms with Gasteiger partial charge in [-0.3, -0.25) is 4.79 Å². The van der Waals surface area contributed by atoms with E-state index in [1.165, 1.54) is 35.4 Å². The molecule has 0 heterocycles. The Morgan fingerprint density at radius 2 is 1.67 bits per heavy atom. The van der Waals surface area contributed by atoms with Crippen LogP contribution in [-0.4, -0.2) is 24.3 Å². The van der Waals surface area contributed by atoms with E-state index in [1.807, 2.05) is 7.05 Å². The predicted molar refractivity (Wildman–Crippen MR) is 82.9 cm³/mol. The van der Waals surface area contributed by atoms with Crippen LogP contribution in [0.2, 0.25) is 0 Å². The van der Waals surface area contributed by atoms with Gasteiger partial charge in [-0.1, -0.05) is 29.8 Å². The van der Waals surface area contributed by atoms with Crippen LogP contribution < -0.4 is 0 Å². The molecule has 2 aromatic carbocycles. The van der Waals surface area contributed by atoms with Crippen LogP contribution in [0.15, 0.2) is 48.5 Å². The van der Waals surface area contributed by atoms with E-state index in [-0.39, 0.29) is 11.6 Å². The Morgan fingerprint density at radius 3 is 2.29 bits per heavy atom. The molecule has 2 nitrogen and oxygen atoms in total. The Morgan fingerprint density at radius 1 is 1.05 bits per heavy atom. The van der Waals surface area contributed by atoms with E-state index in [0.29, 0.717) is 18.5 Å². The van der Waals surface area contributed by atoms with Crippen molar-refractivity contribution in [2.24, 2.45) is 0 Å². The molecule has 2 rings (SSSR count). The van der Waals surface area contributed by atoms with Crippen molar-refractivity contribution in [2.75, 3.05) is 13.6 Å². The third-order valence-corrected chi connectivity index (χ3v) is 3.46. The summed E-state index contributed by atoms with van der Waals surface area (Å²) in [5.74, 6) is -0.270. The number of benzene rings is 2. The molecular weight excluding hydrogens is 265 g/mol. The zero-order valence-electron chi connectivity index (χ0n) is 12.5. The van der Waals surface area contributed by atoms with Gasteiger partial charge in [-0.05, 0) is 43.8 Å². The van der Waals surface area contributed by atoms with Crippen molar-refractivity contribution in [2.45, 2.75) is 19.9 Å². The fourth-order valence-electron chi connectivity index (χ4n) is 2.16. The molecular formula is C18H20FNO. The standard InChI is InChI=1S/C18H20FNO/c1-14-3-5-15(6-4-14)13-20(2)12-11-18(21)16-7-9-17(19)10-8-16/h3-10H,11-13H2,1-2H3. The van der Waals surface area contributed by atoms with Crippen LogP contribution in [0.4, 0.5) is 4.39 Å². The molecule has 0 spiro atoms. The largest absolute Gasteiger partial charge is 0.302 e. The van der Waals surface area contributed by atoms with Gasteiger partial charge in [0.15, 0.2) is 5.78 Å². The molecule has 21 heavy (non-hydrogen) atoms. The Bertz CT molecular complexity index is 590. The monoisotopic (exact) mass is 285 g/mol. The second kappa shape index (κ2) is 7.14. The SMILES string of the molecule is Cc1ccc(CN(C)CCC(=O)c2ccc(F)cc2)cc1. The van der Waals surface area contributed by atoms with Crippen LogP contribution in [0.25, 0.3) is 0 Å². The highest BCUT2D eigenvalue weighted by Gasteiger charge is 2.08. The minimum absolute atomic E-state index is 0.0470. The Balaban J connectivity index is 1.83. The molecule has 2 aromatic rings. The molecule has 0 amide bonds. The van der Waals surface area contributed by atoms with Crippen LogP contribution in [0.1, 0.15) is 27.9 Å². The summed E-state index contributed by atoms with van der Waals surface area (Å²) in [6.45, 7) is 3.57. The highest BCUT2D eigenvalue weighted by atomic mass is 19.1. The number of ketones is 1. The molecule has 0 atom stereocenters. The summed E-state index contributed by atoms with van der Waals surface area (Å²) in [6, 6.07) is 14.1. The van der Waals surface area contributed by atoms with Gasteiger partial charge in [0.25, 0.3) is 0 Å². The van der Waals surface area contributed by atoms with Gasteiger partial charge >= 0.3 is 0 Å². The zero-order chi connectivity index (χ0) is 15.2. The maximum atomic E-state index is 12.8. The summed E-state index contributed by atoms with van der Waals surface area (Å²) in [7, 11) is 2.00. The molecule has 0 saturated carbocycles. The molecule has 0 aliphatic rings. The lowest BCUT2D eigenvalue weighted by molar-refractivity contribution is 0.0968.